The Labute approximate surface area is 251 Å². The van der Waals surface area contributed by atoms with E-state index in [1.165, 1.54) is 11.3 Å². The molecular weight excluding hydrogens is 569 g/mol. The van der Waals surface area contributed by atoms with Crippen LogP contribution in [0.1, 0.15) is 35.4 Å². The number of nitrogens with one attached hydrogen (secondary N) is 3. The number of para-hydroxylation sites is 2. The van der Waals surface area contributed by atoms with Crippen molar-refractivity contribution in [3.8, 4) is 0 Å². The number of nitrogens with zero attached hydrogens (tertiary/aromatic N) is 5. The minimum absolute atomic E-state index is 0.0728. The Kier molecular flexibility index (Phi) is 8.24. The SMILES string of the molecule is Cn1cc(CC(=O)NC2=NNC(CCCCc3nnc(NC(=O)Cc4cn(C)c5ccccc45)s3)S2)c2ccccc21. The third-order valence-corrected chi connectivity index (χ3v) is 9.23. The number of fused-ring (bicyclic) bond motifs is 2. The summed E-state index contributed by atoms with van der Waals surface area (Å²) in [6.07, 6.45) is 8.22. The highest BCUT2D eigenvalue weighted by molar-refractivity contribution is 8.14. The zero-order valence-corrected chi connectivity index (χ0v) is 25.1. The summed E-state index contributed by atoms with van der Waals surface area (Å²) >= 11 is 2.97. The normalized spacial score (nSPS) is 14.7. The Hall–Kier alpha value is -4.16. The molecule has 4 heterocycles. The molecule has 0 bridgehead atoms. The zero-order chi connectivity index (χ0) is 29.1. The number of aromatic nitrogens is 4. The van der Waals surface area contributed by atoms with E-state index in [1.807, 2.05) is 78.1 Å². The van der Waals surface area contributed by atoms with Gasteiger partial charge < -0.3 is 19.8 Å². The molecule has 3 aromatic heterocycles. The fourth-order valence-electron chi connectivity index (χ4n) is 5.32. The smallest absolute Gasteiger partial charge is 0.230 e. The fraction of sp³-hybridized carbons (Fsp3) is 0.300. The fourth-order valence-corrected chi connectivity index (χ4v) is 7.05. The van der Waals surface area contributed by atoms with E-state index < -0.39 is 0 Å². The molecule has 12 heteroatoms. The second-order valence-electron chi connectivity index (χ2n) is 10.4. The molecule has 0 aliphatic carbocycles. The van der Waals surface area contributed by atoms with E-state index in [2.05, 4.69) is 37.4 Å². The van der Waals surface area contributed by atoms with Gasteiger partial charge in [-0.25, -0.2) is 0 Å². The lowest BCUT2D eigenvalue weighted by molar-refractivity contribution is -0.119. The van der Waals surface area contributed by atoms with Gasteiger partial charge in [0, 0.05) is 54.7 Å². The first-order valence-corrected chi connectivity index (χ1v) is 15.6. The first-order valence-electron chi connectivity index (χ1n) is 13.9. The van der Waals surface area contributed by atoms with E-state index in [0.717, 1.165) is 63.6 Å². The van der Waals surface area contributed by atoms with Crippen LogP contribution in [0.4, 0.5) is 5.13 Å². The Morgan fingerprint density at radius 2 is 1.48 bits per heavy atom. The van der Waals surface area contributed by atoms with Crippen molar-refractivity contribution in [2.75, 3.05) is 5.32 Å². The largest absolute Gasteiger partial charge is 0.350 e. The van der Waals surface area contributed by atoms with Crippen molar-refractivity contribution >= 4 is 67.0 Å². The Morgan fingerprint density at radius 1 is 0.857 bits per heavy atom. The number of carbonyl (C=O) groups is 2. The first kappa shape index (κ1) is 28.0. The van der Waals surface area contributed by atoms with Crippen molar-refractivity contribution in [2.45, 2.75) is 43.9 Å². The lowest BCUT2D eigenvalue weighted by Crippen LogP contribution is -2.29. The minimum atomic E-state index is -0.0987. The minimum Gasteiger partial charge on any atom is -0.350 e. The van der Waals surface area contributed by atoms with E-state index in [-0.39, 0.29) is 23.6 Å². The van der Waals surface area contributed by atoms with E-state index in [4.69, 9.17) is 0 Å². The number of amidine groups is 1. The third kappa shape index (κ3) is 6.34. The predicted octanol–water partition coefficient (Wildman–Crippen LogP) is 4.71. The van der Waals surface area contributed by atoms with E-state index in [0.29, 0.717) is 16.7 Å². The Balaban J connectivity index is 0.899. The number of rotatable bonds is 10. The topological polar surface area (TPSA) is 118 Å². The number of aryl methyl sites for hydroxylation is 3. The number of hydrazone groups is 1. The van der Waals surface area contributed by atoms with Gasteiger partial charge in [-0.2, -0.15) is 5.10 Å². The van der Waals surface area contributed by atoms with Crippen LogP contribution in [0.5, 0.6) is 0 Å². The van der Waals surface area contributed by atoms with Crippen molar-refractivity contribution in [1.29, 1.82) is 0 Å². The van der Waals surface area contributed by atoms with Gasteiger partial charge in [0.1, 0.15) is 5.01 Å². The van der Waals surface area contributed by atoms with Crippen LogP contribution in [0.3, 0.4) is 0 Å². The van der Waals surface area contributed by atoms with Crippen molar-refractivity contribution in [3.05, 3.63) is 77.1 Å². The maximum Gasteiger partial charge on any atom is 0.230 e. The predicted molar refractivity (Wildman–Crippen MR) is 169 cm³/mol. The molecule has 0 radical (unpaired) electrons. The van der Waals surface area contributed by atoms with Gasteiger partial charge in [-0.1, -0.05) is 65.9 Å². The molecule has 6 rings (SSSR count). The molecule has 1 atom stereocenters. The molecule has 0 saturated carbocycles. The van der Waals surface area contributed by atoms with Crippen molar-refractivity contribution < 1.29 is 9.59 Å². The number of amides is 2. The van der Waals surface area contributed by atoms with Crippen LogP contribution < -0.4 is 16.1 Å². The summed E-state index contributed by atoms with van der Waals surface area (Å²) in [6, 6.07) is 16.2. The molecule has 0 saturated heterocycles. The van der Waals surface area contributed by atoms with Gasteiger partial charge in [-0.15, -0.1) is 10.2 Å². The molecule has 1 aliphatic heterocycles. The third-order valence-electron chi connectivity index (χ3n) is 7.29. The van der Waals surface area contributed by atoms with Crippen molar-refractivity contribution in [1.82, 2.24) is 30.1 Å². The van der Waals surface area contributed by atoms with E-state index in [1.54, 1.807) is 11.8 Å². The Morgan fingerprint density at radius 3 is 2.14 bits per heavy atom. The lowest BCUT2D eigenvalue weighted by atomic mass is 10.1. The van der Waals surface area contributed by atoms with Crippen molar-refractivity contribution in [3.63, 3.8) is 0 Å². The number of benzene rings is 2. The summed E-state index contributed by atoms with van der Waals surface area (Å²) in [5, 5.41) is 22.9. The highest BCUT2D eigenvalue weighted by atomic mass is 32.2. The van der Waals surface area contributed by atoms with Crippen LogP contribution in [-0.4, -0.2) is 41.7 Å². The summed E-state index contributed by atoms with van der Waals surface area (Å²) in [4.78, 5) is 25.3. The molecule has 0 fully saturated rings. The molecule has 5 aromatic rings. The van der Waals surface area contributed by atoms with E-state index >= 15 is 0 Å². The molecular formula is C30H32N8O2S2. The highest BCUT2D eigenvalue weighted by Crippen LogP contribution is 2.25. The number of anilines is 1. The van der Waals surface area contributed by atoms with Crippen LogP contribution in [0, 0.1) is 0 Å². The molecule has 1 aliphatic rings. The molecule has 1 unspecified atom stereocenters. The first-order chi connectivity index (χ1) is 20.4. The maximum absolute atomic E-state index is 12.7. The maximum atomic E-state index is 12.7. The zero-order valence-electron chi connectivity index (χ0n) is 23.5. The summed E-state index contributed by atoms with van der Waals surface area (Å²) < 4.78 is 4.08. The second kappa shape index (κ2) is 12.4. The highest BCUT2D eigenvalue weighted by Gasteiger charge is 2.21. The number of carbonyl (C=O) groups excluding carboxylic acids is 2. The van der Waals surface area contributed by atoms with Gasteiger partial charge in [-0.05, 0) is 36.1 Å². The summed E-state index contributed by atoms with van der Waals surface area (Å²) in [6.45, 7) is 0. The molecule has 10 nitrogen and oxygen atoms in total. The summed E-state index contributed by atoms with van der Waals surface area (Å²) in [7, 11) is 3.98. The molecule has 3 N–H and O–H groups in total. The van der Waals surface area contributed by atoms with Gasteiger partial charge in [0.25, 0.3) is 0 Å². The quantitative estimate of drug-likeness (QED) is 0.200. The van der Waals surface area contributed by atoms with Gasteiger partial charge in [-0.3, -0.25) is 15.0 Å². The average molecular weight is 601 g/mol. The van der Waals surface area contributed by atoms with Gasteiger partial charge >= 0.3 is 0 Å². The summed E-state index contributed by atoms with van der Waals surface area (Å²) in [5.41, 5.74) is 7.34. The molecule has 42 heavy (non-hydrogen) atoms. The number of hydrogen-bond donors (Lipinski definition) is 3. The number of hydrogen-bond acceptors (Lipinski definition) is 8. The summed E-state index contributed by atoms with van der Waals surface area (Å²) in [5.74, 6) is -0.172. The number of unbranched alkanes of at least 4 members (excludes halogenated alkanes) is 1. The second-order valence-corrected chi connectivity index (χ2v) is 12.7. The van der Waals surface area contributed by atoms with Crippen LogP contribution in [-0.2, 0) is 42.9 Å². The monoisotopic (exact) mass is 600 g/mol. The Bertz CT molecular complexity index is 1790. The number of thioether (sulfide) groups is 1. The molecule has 216 valence electrons. The van der Waals surface area contributed by atoms with Gasteiger partial charge in [0.2, 0.25) is 16.9 Å². The van der Waals surface area contributed by atoms with Crippen LogP contribution in [0.25, 0.3) is 21.8 Å². The molecule has 2 aromatic carbocycles. The van der Waals surface area contributed by atoms with E-state index in [9.17, 15) is 9.59 Å². The average Bonchev–Trinajstić information content (AvgIpc) is 3.75. The van der Waals surface area contributed by atoms with Crippen LogP contribution >= 0.6 is 23.1 Å². The standard InChI is InChI=1S/C30H32N8O2S2/c1-37-17-19(21-9-3-5-11-23(21)37)15-25(39)31-29-35-33-27(41-29)13-7-8-14-28-34-36-30(42-28)32-26(40)16-20-18-38(2)24-12-6-4-10-22(20)24/h3-6,9-12,17-18,27,33H,7-8,13-16H2,1-2H3,(H,31,35,39)(H,32,36,40). The molecule has 0 spiro atoms. The lowest BCUT2D eigenvalue weighted by Gasteiger charge is -2.08. The van der Waals surface area contributed by atoms with Gasteiger partial charge in [0.15, 0.2) is 5.17 Å². The van der Waals surface area contributed by atoms with Gasteiger partial charge in [0.05, 0.1) is 18.2 Å². The van der Waals surface area contributed by atoms with Crippen LogP contribution in [0.15, 0.2) is 66.0 Å². The molecule has 2 amide bonds. The van der Waals surface area contributed by atoms with Crippen molar-refractivity contribution in [2.24, 2.45) is 19.2 Å². The van der Waals surface area contributed by atoms with Crippen LogP contribution in [0.2, 0.25) is 0 Å².